The van der Waals surface area contributed by atoms with Crippen LogP contribution in [0.25, 0.3) is 0 Å². The Kier molecular flexibility index (Phi) is 9.42. The highest BCUT2D eigenvalue weighted by Gasteiger charge is 2.08. The summed E-state index contributed by atoms with van der Waals surface area (Å²) in [5.74, 6) is 0.701. The molecule has 1 unspecified atom stereocenters. The van der Waals surface area contributed by atoms with Gasteiger partial charge in [-0.15, -0.1) is 0 Å². The van der Waals surface area contributed by atoms with E-state index in [-0.39, 0.29) is 0 Å². The molecule has 2 heteroatoms. The lowest BCUT2D eigenvalue weighted by atomic mass is 10.0. The van der Waals surface area contributed by atoms with E-state index >= 15 is 0 Å². The summed E-state index contributed by atoms with van der Waals surface area (Å²) in [7, 11) is 2.22. The molecule has 0 aliphatic carbocycles. The summed E-state index contributed by atoms with van der Waals surface area (Å²) in [6.45, 7) is 7.73. The largest absolute Gasteiger partial charge is 0.330 e. The van der Waals surface area contributed by atoms with Gasteiger partial charge in [-0.05, 0) is 38.9 Å². The Morgan fingerprint density at radius 3 is 2.36 bits per heavy atom. The molecule has 0 spiro atoms. The minimum atomic E-state index is 0.701. The van der Waals surface area contributed by atoms with Gasteiger partial charge in [0.15, 0.2) is 0 Å². The van der Waals surface area contributed by atoms with Gasteiger partial charge in [-0.25, -0.2) is 0 Å². The molecule has 2 N–H and O–H groups in total. The molecule has 0 rings (SSSR count). The summed E-state index contributed by atoms with van der Waals surface area (Å²) in [4.78, 5) is 2.43. The Bertz CT molecular complexity index is 115. The van der Waals surface area contributed by atoms with E-state index in [1.54, 1.807) is 0 Å². The Morgan fingerprint density at radius 1 is 1.14 bits per heavy atom. The summed E-state index contributed by atoms with van der Waals surface area (Å²) in [6.07, 6.45) is 6.52. The molecule has 0 aromatic rings. The first-order valence-corrected chi connectivity index (χ1v) is 6.13. The minimum Gasteiger partial charge on any atom is -0.330 e. The van der Waals surface area contributed by atoms with E-state index < -0.39 is 0 Å². The smallest absolute Gasteiger partial charge is 0.00187 e. The first-order valence-electron chi connectivity index (χ1n) is 6.13. The monoisotopic (exact) mass is 200 g/mol. The first kappa shape index (κ1) is 13.9. The van der Waals surface area contributed by atoms with Gasteiger partial charge in [0.2, 0.25) is 0 Å². The van der Waals surface area contributed by atoms with E-state index in [1.807, 2.05) is 0 Å². The van der Waals surface area contributed by atoms with Gasteiger partial charge in [0, 0.05) is 6.54 Å². The third kappa shape index (κ3) is 7.34. The molecule has 0 heterocycles. The van der Waals surface area contributed by atoms with Crippen molar-refractivity contribution in [1.82, 2.24) is 4.90 Å². The van der Waals surface area contributed by atoms with Crippen LogP contribution in [-0.2, 0) is 0 Å². The van der Waals surface area contributed by atoms with Gasteiger partial charge in [0.05, 0.1) is 0 Å². The second kappa shape index (κ2) is 9.47. The van der Waals surface area contributed by atoms with Crippen LogP contribution in [0.2, 0.25) is 0 Å². The van der Waals surface area contributed by atoms with Crippen LogP contribution in [0.1, 0.15) is 46.0 Å². The average Bonchev–Trinajstić information content (AvgIpc) is 2.17. The molecule has 0 bridgehead atoms. The molecule has 2 nitrogen and oxygen atoms in total. The van der Waals surface area contributed by atoms with Gasteiger partial charge in [0.25, 0.3) is 0 Å². The predicted octanol–water partition coefficient (Wildman–Crippen LogP) is 2.48. The molecule has 0 radical (unpaired) electrons. The summed E-state index contributed by atoms with van der Waals surface area (Å²) in [6, 6.07) is 0. The Balaban J connectivity index is 3.51. The highest BCUT2D eigenvalue weighted by molar-refractivity contribution is 4.64. The van der Waals surface area contributed by atoms with Crippen molar-refractivity contribution in [3.05, 3.63) is 0 Å². The second-order valence-electron chi connectivity index (χ2n) is 4.36. The molecule has 1 atom stereocenters. The van der Waals surface area contributed by atoms with Crippen molar-refractivity contribution in [2.24, 2.45) is 11.7 Å². The maximum absolute atomic E-state index is 5.74. The van der Waals surface area contributed by atoms with E-state index in [1.165, 1.54) is 45.2 Å². The number of nitrogens with zero attached hydrogens (tertiary/aromatic N) is 1. The van der Waals surface area contributed by atoms with Crippen LogP contribution in [0, 0.1) is 5.92 Å². The topological polar surface area (TPSA) is 29.3 Å². The van der Waals surface area contributed by atoms with Crippen molar-refractivity contribution in [3.8, 4) is 0 Å². The Labute approximate surface area is 89.9 Å². The normalized spacial score (nSPS) is 13.5. The van der Waals surface area contributed by atoms with Crippen molar-refractivity contribution < 1.29 is 0 Å². The van der Waals surface area contributed by atoms with Gasteiger partial charge in [-0.1, -0.05) is 33.1 Å². The van der Waals surface area contributed by atoms with E-state index in [2.05, 4.69) is 25.8 Å². The SMILES string of the molecule is CCCCCN(C)CC(CN)CCC. The van der Waals surface area contributed by atoms with Crippen LogP contribution in [0.3, 0.4) is 0 Å². The number of hydrogen-bond acceptors (Lipinski definition) is 2. The number of rotatable bonds is 9. The molecule has 86 valence electrons. The lowest BCUT2D eigenvalue weighted by molar-refractivity contribution is 0.265. The quantitative estimate of drug-likeness (QED) is 0.579. The van der Waals surface area contributed by atoms with Crippen molar-refractivity contribution in [1.29, 1.82) is 0 Å². The molecule has 0 fully saturated rings. The van der Waals surface area contributed by atoms with Crippen LogP contribution in [0.5, 0.6) is 0 Å². The Morgan fingerprint density at radius 2 is 1.86 bits per heavy atom. The van der Waals surface area contributed by atoms with Gasteiger partial charge < -0.3 is 10.6 Å². The van der Waals surface area contributed by atoms with Crippen LogP contribution in [-0.4, -0.2) is 31.6 Å². The number of hydrogen-bond donors (Lipinski definition) is 1. The molecular weight excluding hydrogens is 172 g/mol. The van der Waals surface area contributed by atoms with Gasteiger partial charge in [0.1, 0.15) is 0 Å². The minimum absolute atomic E-state index is 0.701. The maximum Gasteiger partial charge on any atom is 0.00187 e. The standard InChI is InChI=1S/C12H28N2/c1-4-6-7-9-14(3)11-12(10-13)8-5-2/h12H,4-11,13H2,1-3H3. The van der Waals surface area contributed by atoms with E-state index in [4.69, 9.17) is 5.73 Å². The van der Waals surface area contributed by atoms with E-state index in [0.717, 1.165) is 6.54 Å². The van der Waals surface area contributed by atoms with Crippen molar-refractivity contribution in [3.63, 3.8) is 0 Å². The fourth-order valence-electron chi connectivity index (χ4n) is 1.86. The summed E-state index contributed by atoms with van der Waals surface area (Å²) in [5, 5.41) is 0. The summed E-state index contributed by atoms with van der Waals surface area (Å²) in [5.41, 5.74) is 5.74. The van der Waals surface area contributed by atoms with Crippen molar-refractivity contribution >= 4 is 0 Å². The summed E-state index contributed by atoms with van der Waals surface area (Å²) >= 11 is 0. The van der Waals surface area contributed by atoms with Gasteiger partial charge in [-0.3, -0.25) is 0 Å². The van der Waals surface area contributed by atoms with Crippen molar-refractivity contribution in [2.45, 2.75) is 46.0 Å². The summed E-state index contributed by atoms with van der Waals surface area (Å²) < 4.78 is 0. The number of nitrogens with two attached hydrogens (primary N) is 1. The predicted molar refractivity (Wildman–Crippen MR) is 64.5 cm³/mol. The fraction of sp³-hybridized carbons (Fsp3) is 1.00. The lowest BCUT2D eigenvalue weighted by Gasteiger charge is -2.22. The molecule has 0 aliphatic rings. The average molecular weight is 200 g/mol. The molecule has 0 aliphatic heterocycles. The third-order valence-electron chi connectivity index (χ3n) is 2.74. The zero-order chi connectivity index (χ0) is 10.8. The molecule has 0 saturated carbocycles. The van der Waals surface area contributed by atoms with Gasteiger partial charge >= 0.3 is 0 Å². The highest BCUT2D eigenvalue weighted by atomic mass is 15.1. The van der Waals surface area contributed by atoms with Crippen molar-refractivity contribution in [2.75, 3.05) is 26.7 Å². The van der Waals surface area contributed by atoms with Gasteiger partial charge in [-0.2, -0.15) is 0 Å². The molecule has 0 saturated heterocycles. The van der Waals surface area contributed by atoms with E-state index in [0.29, 0.717) is 5.92 Å². The molecule has 0 aromatic carbocycles. The molecule has 0 amide bonds. The first-order chi connectivity index (χ1) is 6.74. The third-order valence-corrected chi connectivity index (χ3v) is 2.74. The zero-order valence-electron chi connectivity index (χ0n) is 10.3. The Hall–Kier alpha value is -0.0800. The molecule has 0 aromatic heterocycles. The van der Waals surface area contributed by atoms with Crippen LogP contribution in [0.15, 0.2) is 0 Å². The zero-order valence-corrected chi connectivity index (χ0v) is 10.3. The van der Waals surface area contributed by atoms with Crippen LogP contribution < -0.4 is 5.73 Å². The lowest BCUT2D eigenvalue weighted by Crippen LogP contribution is -2.30. The fourth-order valence-corrected chi connectivity index (χ4v) is 1.86. The van der Waals surface area contributed by atoms with Crippen LogP contribution in [0.4, 0.5) is 0 Å². The van der Waals surface area contributed by atoms with E-state index in [9.17, 15) is 0 Å². The highest BCUT2D eigenvalue weighted by Crippen LogP contribution is 2.07. The van der Waals surface area contributed by atoms with Crippen LogP contribution >= 0.6 is 0 Å². The molecule has 14 heavy (non-hydrogen) atoms. The maximum atomic E-state index is 5.74. The number of unbranched alkanes of at least 4 members (excludes halogenated alkanes) is 2. The second-order valence-corrected chi connectivity index (χ2v) is 4.36. The molecular formula is C12H28N2.